The summed E-state index contributed by atoms with van der Waals surface area (Å²) in [6.45, 7) is 3.03. The fraction of sp³-hybridized carbons (Fsp3) is 0.462. The fourth-order valence-electron chi connectivity index (χ4n) is 2.09. The predicted molar refractivity (Wildman–Crippen MR) is 77.2 cm³/mol. The van der Waals surface area contributed by atoms with Crippen LogP contribution in [-0.2, 0) is 19.5 Å². The van der Waals surface area contributed by atoms with Gasteiger partial charge in [-0.2, -0.15) is 0 Å². The highest BCUT2D eigenvalue weighted by molar-refractivity contribution is 6.30. The Morgan fingerprint density at radius 1 is 1.35 bits per heavy atom. The zero-order valence-electron chi connectivity index (χ0n) is 11.3. The summed E-state index contributed by atoms with van der Waals surface area (Å²) in [5.41, 5.74) is -0.256. The van der Waals surface area contributed by atoms with Crippen LogP contribution < -0.4 is 11.2 Å². The summed E-state index contributed by atoms with van der Waals surface area (Å²) >= 11 is 5.92. The molecule has 0 saturated heterocycles. The van der Waals surface area contributed by atoms with Crippen molar-refractivity contribution in [2.24, 2.45) is 0 Å². The molecule has 2 rings (SSSR count). The minimum Gasteiger partial charge on any atom is -0.337 e. The van der Waals surface area contributed by atoms with E-state index in [1.807, 2.05) is 17.7 Å². The molecule has 0 fully saturated rings. The fourth-order valence-corrected chi connectivity index (χ4v) is 2.34. The maximum absolute atomic E-state index is 12.2. The molecule has 0 atom stereocenters. The summed E-state index contributed by atoms with van der Waals surface area (Å²) in [5.74, 6) is 0. The van der Waals surface area contributed by atoms with Crippen LogP contribution in [-0.4, -0.2) is 19.1 Å². The molecule has 0 saturated carbocycles. The second-order valence-electron chi connectivity index (χ2n) is 4.58. The van der Waals surface area contributed by atoms with Crippen molar-refractivity contribution in [3.63, 3.8) is 0 Å². The van der Waals surface area contributed by atoms with Gasteiger partial charge in [-0.25, -0.2) is 9.78 Å². The van der Waals surface area contributed by atoms with Crippen LogP contribution in [0.15, 0.2) is 28.3 Å². The minimum atomic E-state index is -0.453. The van der Waals surface area contributed by atoms with Crippen LogP contribution in [0.3, 0.4) is 0 Å². The summed E-state index contributed by atoms with van der Waals surface area (Å²) in [5, 5.41) is 0.160. The molecule has 0 spiro atoms. The molecular formula is C13H17ClN4O2. The lowest BCUT2D eigenvalue weighted by atomic mass is 10.2. The van der Waals surface area contributed by atoms with Crippen molar-refractivity contribution in [1.82, 2.24) is 19.1 Å². The minimum absolute atomic E-state index is 0.160. The first-order chi connectivity index (χ1) is 9.63. The quantitative estimate of drug-likeness (QED) is 0.820. The molecule has 2 aromatic rings. The number of nitrogens with one attached hydrogen (secondary N) is 1. The average Bonchev–Trinajstić information content (AvgIpc) is 2.91. The maximum atomic E-state index is 12.2. The molecule has 1 N–H and O–H groups in total. The van der Waals surface area contributed by atoms with E-state index in [2.05, 4.69) is 9.97 Å². The summed E-state index contributed by atoms with van der Waals surface area (Å²) in [4.78, 5) is 30.5. The molecule has 7 heteroatoms. The van der Waals surface area contributed by atoms with Gasteiger partial charge < -0.3 is 4.57 Å². The molecule has 6 nitrogen and oxygen atoms in total. The van der Waals surface area contributed by atoms with Crippen molar-refractivity contribution in [3.8, 4) is 0 Å². The van der Waals surface area contributed by atoms with E-state index >= 15 is 0 Å². The lowest BCUT2D eigenvalue weighted by Gasteiger charge is -2.08. The lowest BCUT2D eigenvalue weighted by Crippen LogP contribution is -2.37. The molecule has 108 valence electrons. The maximum Gasteiger partial charge on any atom is 0.329 e. The Morgan fingerprint density at radius 3 is 2.80 bits per heavy atom. The van der Waals surface area contributed by atoms with E-state index in [1.54, 1.807) is 12.5 Å². The van der Waals surface area contributed by atoms with E-state index in [1.165, 1.54) is 4.57 Å². The smallest absolute Gasteiger partial charge is 0.329 e. The third-order valence-electron chi connectivity index (χ3n) is 3.09. The number of hydrogen-bond donors (Lipinski definition) is 1. The number of H-pyrrole nitrogens is 1. The Balaban J connectivity index is 2.16. The van der Waals surface area contributed by atoms with Gasteiger partial charge in [0.25, 0.3) is 5.56 Å². The first-order valence-corrected chi connectivity index (χ1v) is 6.98. The number of aromatic nitrogens is 4. The van der Waals surface area contributed by atoms with Crippen LogP contribution in [0.1, 0.15) is 25.3 Å². The van der Waals surface area contributed by atoms with Crippen LogP contribution in [0.4, 0.5) is 0 Å². The highest BCUT2D eigenvalue weighted by atomic mass is 35.5. The number of nitrogens with zero attached hydrogens (tertiary/aromatic N) is 3. The monoisotopic (exact) mass is 296 g/mol. The second kappa shape index (κ2) is 6.56. The molecule has 0 unspecified atom stereocenters. The first kappa shape index (κ1) is 14.6. The van der Waals surface area contributed by atoms with E-state index in [0.717, 1.165) is 6.42 Å². The Labute approximate surface area is 121 Å². The average molecular weight is 297 g/mol. The zero-order valence-corrected chi connectivity index (χ0v) is 12.1. The summed E-state index contributed by atoms with van der Waals surface area (Å²) in [6, 6.07) is 0. The summed E-state index contributed by atoms with van der Waals surface area (Å²) < 4.78 is 3.12. The third-order valence-corrected chi connectivity index (χ3v) is 3.41. The lowest BCUT2D eigenvalue weighted by molar-refractivity contribution is 0.531. The van der Waals surface area contributed by atoms with E-state index < -0.39 is 5.69 Å². The van der Waals surface area contributed by atoms with Gasteiger partial charge in [0.2, 0.25) is 0 Å². The number of rotatable bonds is 6. The molecule has 0 aromatic carbocycles. The first-order valence-electron chi connectivity index (χ1n) is 6.60. The van der Waals surface area contributed by atoms with Gasteiger partial charge in [-0.1, -0.05) is 24.9 Å². The van der Waals surface area contributed by atoms with Crippen molar-refractivity contribution < 1.29 is 0 Å². The van der Waals surface area contributed by atoms with Gasteiger partial charge in [-0.15, -0.1) is 0 Å². The van der Waals surface area contributed by atoms with Crippen molar-refractivity contribution in [1.29, 1.82) is 0 Å². The topological polar surface area (TPSA) is 72.7 Å². The highest BCUT2D eigenvalue weighted by Crippen LogP contribution is 2.08. The SMILES string of the molecule is CCCc1c(Cl)[nH]c(=O)n(CCCn2ccnc2)c1=O. The van der Waals surface area contributed by atoms with Gasteiger partial charge >= 0.3 is 5.69 Å². The number of halogens is 1. The molecule has 0 amide bonds. The van der Waals surface area contributed by atoms with Crippen LogP contribution in [0.5, 0.6) is 0 Å². The second-order valence-corrected chi connectivity index (χ2v) is 4.96. The molecule has 0 radical (unpaired) electrons. The largest absolute Gasteiger partial charge is 0.337 e. The molecule has 0 aliphatic carbocycles. The van der Waals surface area contributed by atoms with Crippen LogP contribution in [0, 0.1) is 0 Å². The van der Waals surface area contributed by atoms with Crippen molar-refractivity contribution in [2.75, 3.05) is 0 Å². The van der Waals surface area contributed by atoms with Crippen molar-refractivity contribution in [3.05, 3.63) is 50.3 Å². The van der Waals surface area contributed by atoms with Crippen LogP contribution >= 0.6 is 11.6 Å². The van der Waals surface area contributed by atoms with Gasteiger partial charge in [0.05, 0.1) is 11.9 Å². The van der Waals surface area contributed by atoms with E-state index in [9.17, 15) is 9.59 Å². The third kappa shape index (κ3) is 3.19. The number of aryl methyl sites for hydroxylation is 1. The Kier molecular flexibility index (Phi) is 4.79. The van der Waals surface area contributed by atoms with Crippen LogP contribution in [0.25, 0.3) is 0 Å². The van der Waals surface area contributed by atoms with Gasteiger partial charge in [-0.05, 0) is 12.8 Å². The number of aromatic amines is 1. The molecule has 2 heterocycles. The van der Waals surface area contributed by atoms with Crippen molar-refractivity contribution in [2.45, 2.75) is 39.3 Å². The standard InChI is InChI=1S/C13H17ClN4O2/c1-2-4-10-11(14)16-13(20)18(12(10)19)7-3-6-17-8-5-15-9-17/h5,8-9H,2-4,6-7H2,1H3,(H,16,20). The molecule has 0 aliphatic heterocycles. The Hall–Kier alpha value is -1.82. The normalized spacial score (nSPS) is 10.9. The van der Waals surface area contributed by atoms with Crippen molar-refractivity contribution >= 4 is 11.6 Å². The molecular weight excluding hydrogens is 280 g/mol. The molecule has 0 bridgehead atoms. The van der Waals surface area contributed by atoms with Gasteiger partial charge in [0.1, 0.15) is 5.15 Å². The van der Waals surface area contributed by atoms with E-state index in [4.69, 9.17) is 11.6 Å². The molecule has 2 aromatic heterocycles. The molecule has 0 aliphatic rings. The van der Waals surface area contributed by atoms with E-state index in [-0.39, 0.29) is 10.7 Å². The van der Waals surface area contributed by atoms with Gasteiger partial charge in [0.15, 0.2) is 0 Å². The highest BCUT2D eigenvalue weighted by Gasteiger charge is 2.11. The predicted octanol–water partition coefficient (Wildman–Crippen LogP) is 1.43. The van der Waals surface area contributed by atoms with Gasteiger partial charge in [-0.3, -0.25) is 14.3 Å². The summed E-state index contributed by atoms with van der Waals surface area (Å²) in [6.07, 6.45) is 7.29. The number of hydrogen-bond acceptors (Lipinski definition) is 3. The summed E-state index contributed by atoms with van der Waals surface area (Å²) in [7, 11) is 0. The Bertz CT molecular complexity index is 673. The molecule has 20 heavy (non-hydrogen) atoms. The number of imidazole rings is 1. The zero-order chi connectivity index (χ0) is 14.5. The Morgan fingerprint density at radius 2 is 2.15 bits per heavy atom. The van der Waals surface area contributed by atoms with E-state index in [0.29, 0.717) is 31.5 Å². The van der Waals surface area contributed by atoms with Gasteiger partial charge in [0, 0.05) is 25.5 Å². The van der Waals surface area contributed by atoms with Crippen LogP contribution in [0.2, 0.25) is 5.15 Å².